The second-order valence-corrected chi connectivity index (χ2v) is 9.10. The number of nitrogens with zero attached hydrogens (tertiary/aromatic N) is 3. The fourth-order valence-corrected chi connectivity index (χ4v) is 4.68. The molecule has 2 aromatic rings. The van der Waals surface area contributed by atoms with Gasteiger partial charge in [0.1, 0.15) is 12.0 Å². The van der Waals surface area contributed by atoms with Gasteiger partial charge in [0.15, 0.2) is 0 Å². The van der Waals surface area contributed by atoms with Gasteiger partial charge in [0, 0.05) is 24.5 Å². The molecule has 2 aromatic carbocycles. The van der Waals surface area contributed by atoms with Gasteiger partial charge in [-0.05, 0) is 36.1 Å². The van der Waals surface area contributed by atoms with E-state index in [4.69, 9.17) is 17.3 Å². The summed E-state index contributed by atoms with van der Waals surface area (Å²) in [5.74, 6) is -1.23. The molecule has 0 aromatic heterocycles. The maximum atomic E-state index is 13.3. The Morgan fingerprint density at radius 3 is 2.44 bits per heavy atom. The molecule has 2 atom stereocenters. The molecule has 2 aliphatic rings. The molecule has 6 nitrogen and oxygen atoms in total. The lowest BCUT2D eigenvalue weighted by molar-refractivity contribution is -0.164. The van der Waals surface area contributed by atoms with Crippen molar-refractivity contribution in [1.82, 2.24) is 9.91 Å². The summed E-state index contributed by atoms with van der Waals surface area (Å²) < 4.78 is 39.3. The Hall–Kier alpha value is -2.91. The van der Waals surface area contributed by atoms with Crippen LogP contribution in [0.1, 0.15) is 17.5 Å². The minimum atomic E-state index is -4.60. The molecule has 0 saturated carbocycles. The van der Waals surface area contributed by atoms with Gasteiger partial charge < -0.3 is 10.6 Å². The second-order valence-electron chi connectivity index (χ2n) is 8.66. The van der Waals surface area contributed by atoms with Crippen LogP contribution in [0.5, 0.6) is 0 Å². The number of rotatable bonds is 6. The Morgan fingerprint density at radius 2 is 1.79 bits per heavy atom. The normalized spacial score (nSPS) is 21.3. The number of nitrogens with one attached hydrogen (secondary N) is 1. The fourth-order valence-electron chi connectivity index (χ4n) is 4.56. The second kappa shape index (κ2) is 9.38. The Morgan fingerprint density at radius 1 is 1.12 bits per heavy atom. The average Bonchev–Trinajstić information content (AvgIpc) is 3.04. The highest BCUT2D eigenvalue weighted by molar-refractivity contribution is 6.30. The molecule has 0 spiro atoms. The molecule has 180 valence electrons. The number of hydrogen-bond donors (Lipinski definition) is 0. The van der Waals surface area contributed by atoms with Crippen LogP contribution >= 0.6 is 11.6 Å². The maximum absolute atomic E-state index is 13.3. The highest BCUT2D eigenvalue weighted by Crippen LogP contribution is 2.40. The van der Waals surface area contributed by atoms with Crippen LogP contribution in [0.2, 0.25) is 5.02 Å². The van der Waals surface area contributed by atoms with Crippen LogP contribution in [0, 0.1) is 5.41 Å². The van der Waals surface area contributed by atoms with E-state index in [2.05, 4.69) is 5.10 Å². The zero-order valence-electron chi connectivity index (χ0n) is 18.2. The number of piperidine rings is 1. The van der Waals surface area contributed by atoms with Gasteiger partial charge in [-0.3, -0.25) is 9.59 Å². The van der Waals surface area contributed by atoms with Gasteiger partial charge >= 0.3 is 6.18 Å². The number of alkyl halides is 3. The van der Waals surface area contributed by atoms with E-state index in [1.54, 1.807) is 54.6 Å². The molecule has 1 N–H and O–H groups in total. The van der Waals surface area contributed by atoms with Gasteiger partial charge in [-0.25, -0.2) is 5.01 Å². The molecule has 2 aliphatic heterocycles. The van der Waals surface area contributed by atoms with Crippen molar-refractivity contribution in [3.63, 3.8) is 0 Å². The molecule has 0 bridgehead atoms. The van der Waals surface area contributed by atoms with E-state index < -0.39 is 36.0 Å². The molecule has 2 heterocycles. The Kier molecular flexibility index (Phi) is 6.69. The fraction of sp³-hybridized carbons (Fsp3) is 0.375. The maximum Gasteiger partial charge on any atom is 0.408 e. The van der Waals surface area contributed by atoms with E-state index in [-0.39, 0.29) is 32.4 Å². The summed E-state index contributed by atoms with van der Waals surface area (Å²) in [6.45, 7) is -1.39. The Labute approximate surface area is 200 Å². The van der Waals surface area contributed by atoms with Crippen LogP contribution in [0.25, 0.3) is 5.73 Å². The topological polar surface area (TPSA) is 76.8 Å². The number of hydrazone groups is 1. The summed E-state index contributed by atoms with van der Waals surface area (Å²) in [5.41, 5.74) is 8.90. The van der Waals surface area contributed by atoms with Gasteiger partial charge in [-0.1, -0.05) is 60.1 Å². The van der Waals surface area contributed by atoms with Crippen molar-refractivity contribution in [2.45, 2.75) is 31.5 Å². The number of likely N-dealkylation sites (tertiary alicyclic amines) is 1. The van der Waals surface area contributed by atoms with Gasteiger partial charge in [0.25, 0.3) is 5.91 Å². The molecular formula is C24H23ClF3N4O2-. The minimum absolute atomic E-state index is 0.108. The van der Waals surface area contributed by atoms with Crippen molar-refractivity contribution in [2.24, 2.45) is 10.5 Å². The largest absolute Gasteiger partial charge is 0.667 e. The zero-order chi connectivity index (χ0) is 24.5. The molecule has 34 heavy (non-hydrogen) atoms. The van der Waals surface area contributed by atoms with Crippen LogP contribution < -0.4 is 0 Å². The number of carbonyl (C=O) groups excluding carboxylic acids is 2. The standard InChI is InChI=1S/C24H23ClF3N4O2/c25-18-8-6-16(7-9-18)12-19(29)21(33)31-11-10-20-23(14-31,13-17-4-2-1-3-5-17)22(34)32(30-20)15-24(26,27)28/h1-9,19,29H,10-15H2/q-1/t19-,23?/m1/s1. The van der Waals surface area contributed by atoms with Crippen molar-refractivity contribution < 1.29 is 22.8 Å². The van der Waals surface area contributed by atoms with Crippen LogP contribution in [0.3, 0.4) is 0 Å². The summed E-state index contributed by atoms with van der Waals surface area (Å²) >= 11 is 5.89. The van der Waals surface area contributed by atoms with E-state index >= 15 is 0 Å². The molecule has 1 fully saturated rings. The third-order valence-electron chi connectivity index (χ3n) is 6.16. The van der Waals surface area contributed by atoms with Gasteiger partial charge in [0.05, 0.1) is 5.71 Å². The van der Waals surface area contributed by atoms with E-state index in [0.29, 0.717) is 15.7 Å². The Bertz CT molecular complexity index is 1090. The summed E-state index contributed by atoms with van der Waals surface area (Å²) in [6, 6.07) is 14.7. The number of halogens is 4. The number of carbonyl (C=O) groups is 2. The first-order valence-corrected chi connectivity index (χ1v) is 11.2. The van der Waals surface area contributed by atoms with Crippen molar-refractivity contribution in [3.8, 4) is 0 Å². The van der Waals surface area contributed by atoms with Crippen LogP contribution in [-0.2, 0) is 22.4 Å². The average molecular weight is 492 g/mol. The van der Waals surface area contributed by atoms with E-state index in [1.165, 1.54) is 4.90 Å². The van der Waals surface area contributed by atoms with Crippen molar-refractivity contribution in [2.75, 3.05) is 19.6 Å². The lowest BCUT2D eigenvalue weighted by Crippen LogP contribution is -2.57. The molecule has 4 rings (SSSR count). The summed E-state index contributed by atoms with van der Waals surface area (Å²) in [7, 11) is 0. The van der Waals surface area contributed by atoms with E-state index in [1.807, 2.05) is 0 Å². The van der Waals surface area contributed by atoms with Gasteiger partial charge in [-0.15, -0.1) is 0 Å². The molecular weight excluding hydrogens is 469 g/mol. The first kappa shape index (κ1) is 24.2. The van der Waals surface area contributed by atoms with Crippen LogP contribution in [-0.4, -0.2) is 59.3 Å². The minimum Gasteiger partial charge on any atom is -0.667 e. The number of benzene rings is 2. The number of fused-ring (bicyclic) bond motifs is 1. The van der Waals surface area contributed by atoms with E-state index in [0.717, 1.165) is 11.1 Å². The van der Waals surface area contributed by atoms with Crippen molar-refractivity contribution in [3.05, 3.63) is 76.5 Å². The molecule has 2 amide bonds. The molecule has 10 heteroatoms. The number of amides is 2. The highest BCUT2D eigenvalue weighted by Gasteiger charge is 2.55. The Balaban J connectivity index is 1.58. The highest BCUT2D eigenvalue weighted by atomic mass is 35.5. The predicted molar refractivity (Wildman–Crippen MR) is 122 cm³/mol. The summed E-state index contributed by atoms with van der Waals surface area (Å²) in [5, 5.41) is 5.07. The predicted octanol–water partition coefficient (Wildman–Crippen LogP) is 4.53. The third kappa shape index (κ3) is 5.10. The van der Waals surface area contributed by atoms with Crippen LogP contribution in [0.4, 0.5) is 13.2 Å². The van der Waals surface area contributed by atoms with Crippen molar-refractivity contribution >= 4 is 29.1 Å². The first-order valence-electron chi connectivity index (χ1n) is 10.8. The summed E-state index contributed by atoms with van der Waals surface area (Å²) in [6.07, 6.45) is -4.13. The zero-order valence-corrected chi connectivity index (χ0v) is 18.9. The first-order chi connectivity index (χ1) is 16.1. The smallest absolute Gasteiger partial charge is 0.408 e. The summed E-state index contributed by atoms with van der Waals surface area (Å²) in [4.78, 5) is 27.9. The molecule has 0 radical (unpaired) electrons. The SMILES string of the molecule is [NH-][C@H](Cc1ccc(Cl)cc1)C(=O)N1CCC2=NN(CC(F)(F)F)C(=O)C2(Cc2ccccc2)C1. The van der Waals surface area contributed by atoms with Crippen molar-refractivity contribution in [1.29, 1.82) is 0 Å². The lowest BCUT2D eigenvalue weighted by atomic mass is 9.73. The van der Waals surface area contributed by atoms with Gasteiger partial charge in [-0.2, -0.15) is 18.3 Å². The quantitative estimate of drug-likeness (QED) is 0.595. The lowest BCUT2D eigenvalue weighted by Gasteiger charge is -2.41. The van der Waals surface area contributed by atoms with Crippen LogP contribution in [0.15, 0.2) is 59.7 Å². The third-order valence-corrected chi connectivity index (χ3v) is 6.41. The molecule has 1 saturated heterocycles. The number of hydrogen-bond acceptors (Lipinski definition) is 3. The molecule has 1 unspecified atom stereocenters. The monoisotopic (exact) mass is 491 g/mol. The molecule has 0 aliphatic carbocycles. The van der Waals surface area contributed by atoms with E-state index in [9.17, 15) is 22.8 Å². The van der Waals surface area contributed by atoms with Gasteiger partial charge in [0.2, 0.25) is 5.91 Å².